The van der Waals surface area contributed by atoms with Crippen LogP contribution in [-0.2, 0) is 11.3 Å². The van der Waals surface area contributed by atoms with E-state index in [4.69, 9.17) is 0 Å². The molecule has 1 saturated heterocycles. The molecule has 1 amide bonds. The summed E-state index contributed by atoms with van der Waals surface area (Å²) in [6, 6.07) is 0. The van der Waals surface area contributed by atoms with Crippen LogP contribution in [0.5, 0.6) is 0 Å². The lowest BCUT2D eigenvalue weighted by Crippen LogP contribution is -2.43. The molecule has 1 aromatic rings. The third kappa shape index (κ3) is 1.71. The second-order valence-electron chi connectivity index (χ2n) is 3.45. The van der Waals surface area contributed by atoms with Crippen molar-refractivity contribution in [1.82, 2.24) is 14.7 Å². The van der Waals surface area contributed by atoms with Crippen molar-refractivity contribution in [3.8, 4) is 0 Å². The maximum absolute atomic E-state index is 11.5. The Bertz CT molecular complexity index is 314. The third-order valence-electron chi connectivity index (χ3n) is 2.27. The van der Waals surface area contributed by atoms with E-state index in [9.17, 15) is 4.79 Å². The minimum atomic E-state index is 0.175. The fourth-order valence-electron chi connectivity index (χ4n) is 1.36. The first kappa shape index (κ1) is 8.29. The van der Waals surface area contributed by atoms with Crippen LogP contribution < -0.4 is 0 Å². The van der Waals surface area contributed by atoms with E-state index in [1.807, 2.05) is 18.0 Å². The summed E-state index contributed by atoms with van der Waals surface area (Å²) in [5.74, 6) is 0.175. The van der Waals surface area contributed by atoms with Crippen molar-refractivity contribution in [1.29, 1.82) is 0 Å². The standard InChI is InChI=1S/C9H13N3O/c1-8-5-10-12(6-8)7-9(13)11-3-2-4-11/h5-6H,2-4,7H2,1H3. The number of nitrogens with zero attached hydrogens (tertiary/aromatic N) is 3. The molecule has 0 spiro atoms. The summed E-state index contributed by atoms with van der Waals surface area (Å²) < 4.78 is 1.69. The molecule has 13 heavy (non-hydrogen) atoms. The Morgan fingerprint density at radius 2 is 2.38 bits per heavy atom. The van der Waals surface area contributed by atoms with Gasteiger partial charge in [-0.05, 0) is 18.9 Å². The molecule has 2 heterocycles. The number of hydrogen-bond donors (Lipinski definition) is 0. The molecule has 0 unspecified atom stereocenters. The van der Waals surface area contributed by atoms with Crippen molar-refractivity contribution in [3.05, 3.63) is 18.0 Å². The topological polar surface area (TPSA) is 38.1 Å². The Morgan fingerprint density at radius 1 is 1.62 bits per heavy atom. The lowest BCUT2D eigenvalue weighted by molar-refractivity contribution is -0.135. The van der Waals surface area contributed by atoms with Crippen LogP contribution in [0.3, 0.4) is 0 Å². The van der Waals surface area contributed by atoms with Crippen molar-refractivity contribution >= 4 is 5.91 Å². The molecule has 0 bridgehead atoms. The maximum Gasteiger partial charge on any atom is 0.244 e. The molecule has 0 aromatic carbocycles. The van der Waals surface area contributed by atoms with Gasteiger partial charge in [0.15, 0.2) is 0 Å². The number of carbonyl (C=O) groups excluding carboxylic acids is 1. The minimum absolute atomic E-state index is 0.175. The second-order valence-corrected chi connectivity index (χ2v) is 3.45. The average molecular weight is 179 g/mol. The van der Waals surface area contributed by atoms with Crippen LogP contribution in [0.15, 0.2) is 12.4 Å². The Kier molecular flexibility index (Phi) is 2.04. The van der Waals surface area contributed by atoms with Gasteiger partial charge in [-0.25, -0.2) is 0 Å². The molecule has 1 fully saturated rings. The number of carbonyl (C=O) groups is 1. The molecule has 0 atom stereocenters. The van der Waals surface area contributed by atoms with Crippen LogP contribution in [0.25, 0.3) is 0 Å². The van der Waals surface area contributed by atoms with Crippen LogP contribution in [0.2, 0.25) is 0 Å². The van der Waals surface area contributed by atoms with Crippen LogP contribution in [0.4, 0.5) is 0 Å². The molecule has 0 radical (unpaired) electrons. The molecule has 0 aliphatic carbocycles. The highest BCUT2D eigenvalue weighted by molar-refractivity contribution is 5.76. The summed E-state index contributed by atoms with van der Waals surface area (Å²) in [6.07, 6.45) is 4.80. The molecule has 4 nitrogen and oxygen atoms in total. The van der Waals surface area contributed by atoms with Gasteiger partial charge in [0.25, 0.3) is 0 Å². The highest BCUT2D eigenvalue weighted by Crippen LogP contribution is 2.06. The zero-order valence-corrected chi connectivity index (χ0v) is 7.73. The number of hydrogen-bond acceptors (Lipinski definition) is 2. The van der Waals surface area contributed by atoms with E-state index in [2.05, 4.69) is 5.10 Å². The van der Waals surface area contributed by atoms with E-state index in [-0.39, 0.29) is 5.91 Å². The van der Waals surface area contributed by atoms with Gasteiger partial charge < -0.3 is 4.90 Å². The Hall–Kier alpha value is -1.32. The highest BCUT2D eigenvalue weighted by atomic mass is 16.2. The van der Waals surface area contributed by atoms with Gasteiger partial charge in [-0.2, -0.15) is 5.10 Å². The molecule has 1 aliphatic heterocycles. The molecule has 70 valence electrons. The van der Waals surface area contributed by atoms with Gasteiger partial charge in [0.05, 0.1) is 6.20 Å². The highest BCUT2D eigenvalue weighted by Gasteiger charge is 2.20. The first-order valence-corrected chi connectivity index (χ1v) is 4.52. The SMILES string of the molecule is Cc1cnn(CC(=O)N2CCC2)c1. The zero-order chi connectivity index (χ0) is 9.26. The summed E-state index contributed by atoms with van der Waals surface area (Å²) in [5, 5.41) is 4.07. The lowest BCUT2D eigenvalue weighted by Gasteiger charge is -2.30. The zero-order valence-electron chi connectivity index (χ0n) is 7.73. The van der Waals surface area contributed by atoms with E-state index in [1.165, 1.54) is 0 Å². The number of rotatable bonds is 2. The Balaban J connectivity index is 1.93. The summed E-state index contributed by atoms with van der Waals surface area (Å²) in [7, 11) is 0. The monoisotopic (exact) mass is 179 g/mol. The first-order valence-electron chi connectivity index (χ1n) is 4.52. The number of likely N-dealkylation sites (tertiary alicyclic amines) is 1. The number of aryl methyl sites for hydroxylation is 1. The van der Waals surface area contributed by atoms with E-state index < -0.39 is 0 Å². The fraction of sp³-hybridized carbons (Fsp3) is 0.556. The van der Waals surface area contributed by atoms with E-state index in [1.54, 1.807) is 10.9 Å². The molecular weight excluding hydrogens is 166 g/mol. The van der Waals surface area contributed by atoms with E-state index in [0.717, 1.165) is 25.1 Å². The van der Waals surface area contributed by atoms with Crippen molar-refractivity contribution in [2.45, 2.75) is 19.9 Å². The molecule has 1 aromatic heterocycles. The van der Waals surface area contributed by atoms with Crippen LogP contribution >= 0.6 is 0 Å². The van der Waals surface area contributed by atoms with Gasteiger partial charge in [0.2, 0.25) is 5.91 Å². The first-order chi connectivity index (χ1) is 6.25. The molecular formula is C9H13N3O. The molecule has 0 saturated carbocycles. The fourth-order valence-corrected chi connectivity index (χ4v) is 1.36. The summed E-state index contributed by atoms with van der Waals surface area (Å²) >= 11 is 0. The molecule has 1 aliphatic rings. The lowest BCUT2D eigenvalue weighted by atomic mass is 10.2. The summed E-state index contributed by atoms with van der Waals surface area (Å²) in [6.45, 7) is 4.18. The summed E-state index contributed by atoms with van der Waals surface area (Å²) in [5.41, 5.74) is 1.09. The van der Waals surface area contributed by atoms with Gasteiger partial charge in [0.1, 0.15) is 6.54 Å². The predicted molar refractivity (Wildman–Crippen MR) is 48.2 cm³/mol. The van der Waals surface area contributed by atoms with Crippen molar-refractivity contribution in [3.63, 3.8) is 0 Å². The van der Waals surface area contributed by atoms with Gasteiger partial charge in [0, 0.05) is 19.3 Å². The van der Waals surface area contributed by atoms with Gasteiger partial charge in [-0.3, -0.25) is 9.48 Å². The average Bonchev–Trinajstić information content (AvgIpc) is 2.31. The van der Waals surface area contributed by atoms with Crippen LogP contribution in [-0.4, -0.2) is 33.7 Å². The quantitative estimate of drug-likeness (QED) is 0.660. The van der Waals surface area contributed by atoms with Crippen molar-refractivity contribution in [2.75, 3.05) is 13.1 Å². The normalized spacial score (nSPS) is 15.6. The molecule has 4 heteroatoms. The molecule has 2 rings (SSSR count). The van der Waals surface area contributed by atoms with Crippen molar-refractivity contribution < 1.29 is 4.79 Å². The third-order valence-corrected chi connectivity index (χ3v) is 2.27. The summed E-state index contributed by atoms with van der Waals surface area (Å²) in [4.78, 5) is 13.3. The van der Waals surface area contributed by atoms with Gasteiger partial charge in [-0.1, -0.05) is 0 Å². The molecule has 0 N–H and O–H groups in total. The van der Waals surface area contributed by atoms with Gasteiger partial charge in [-0.15, -0.1) is 0 Å². The minimum Gasteiger partial charge on any atom is -0.341 e. The van der Waals surface area contributed by atoms with Crippen LogP contribution in [0, 0.1) is 6.92 Å². The Morgan fingerprint density at radius 3 is 2.85 bits per heavy atom. The van der Waals surface area contributed by atoms with E-state index >= 15 is 0 Å². The Labute approximate surface area is 77.1 Å². The largest absolute Gasteiger partial charge is 0.341 e. The van der Waals surface area contributed by atoms with Gasteiger partial charge >= 0.3 is 0 Å². The number of aromatic nitrogens is 2. The van der Waals surface area contributed by atoms with Crippen LogP contribution in [0.1, 0.15) is 12.0 Å². The smallest absolute Gasteiger partial charge is 0.244 e. The second kappa shape index (κ2) is 3.20. The van der Waals surface area contributed by atoms with Crippen molar-refractivity contribution in [2.24, 2.45) is 0 Å². The maximum atomic E-state index is 11.5. The van der Waals surface area contributed by atoms with E-state index in [0.29, 0.717) is 6.54 Å². The predicted octanol–water partition coefficient (Wildman–Crippen LogP) is 0.424. The number of amides is 1.